The molecule has 0 saturated heterocycles. The third-order valence-electron chi connectivity index (χ3n) is 1.78. The summed E-state index contributed by atoms with van der Waals surface area (Å²) in [7, 11) is 0. The zero-order chi connectivity index (χ0) is 10.6. The fraction of sp³-hybridized carbons (Fsp3) is 0.375. The molecule has 5 N–H and O–H groups in total. The highest BCUT2D eigenvalue weighted by molar-refractivity contribution is 5.37. The summed E-state index contributed by atoms with van der Waals surface area (Å²) in [6, 6.07) is 1.80. The Morgan fingerprint density at radius 3 is 2.43 bits per heavy atom. The average molecular weight is 196 g/mol. The number of hydrogen-bond acceptors (Lipinski definition) is 5. The smallest absolute Gasteiger partial charge is 0.290 e. The van der Waals surface area contributed by atoms with Gasteiger partial charge in [0, 0.05) is 12.0 Å². The molecule has 0 amide bonds. The second kappa shape index (κ2) is 4.40. The number of aromatic nitrogens is 2. The lowest BCUT2D eigenvalue weighted by Gasteiger charge is -1.99. The lowest BCUT2D eigenvalue weighted by molar-refractivity contribution is -0.122. The first kappa shape index (κ1) is 10.2. The van der Waals surface area contributed by atoms with Gasteiger partial charge in [0.1, 0.15) is 5.82 Å². The van der Waals surface area contributed by atoms with Crippen molar-refractivity contribution in [1.82, 2.24) is 9.97 Å². The van der Waals surface area contributed by atoms with Crippen molar-refractivity contribution in [3.05, 3.63) is 11.8 Å². The first-order valence-corrected chi connectivity index (χ1v) is 4.15. The van der Waals surface area contributed by atoms with E-state index < -0.39 is 0 Å². The summed E-state index contributed by atoms with van der Waals surface area (Å²) in [6.07, 6.45) is 2.41. The van der Waals surface area contributed by atoms with Gasteiger partial charge in [-0.2, -0.15) is 4.98 Å². The van der Waals surface area contributed by atoms with E-state index in [0.29, 0.717) is 11.7 Å². The number of nitrogens with zero attached hydrogens (tertiary/aromatic N) is 2. The fourth-order valence-electron chi connectivity index (χ4n) is 1.09. The highest BCUT2D eigenvalue weighted by Gasteiger charge is 2.25. The molecule has 0 aliphatic heterocycles. The van der Waals surface area contributed by atoms with E-state index >= 15 is 0 Å². The van der Waals surface area contributed by atoms with E-state index in [1.807, 2.05) is 0 Å². The van der Waals surface area contributed by atoms with E-state index in [-0.39, 0.29) is 12.4 Å². The topological polar surface area (TPSA) is 115 Å². The summed E-state index contributed by atoms with van der Waals surface area (Å²) in [5, 5.41) is 6.89. The summed E-state index contributed by atoms with van der Waals surface area (Å²) in [4.78, 5) is 16.2. The Kier molecular flexibility index (Phi) is 3.22. The Hall–Kier alpha value is -1.85. The van der Waals surface area contributed by atoms with Crippen molar-refractivity contribution in [1.29, 1.82) is 0 Å². The third-order valence-corrected chi connectivity index (χ3v) is 1.78. The van der Waals surface area contributed by atoms with Crippen LogP contribution in [0.4, 0.5) is 11.8 Å². The van der Waals surface area contributed by atoms with Crippen LogP contribution in [-0.2, 0) is 4.79 Å². The summed E-state index contributed by atoms with van der Waals surface area (Å²) in [6.45, 7) is -0.250. The molecule has 1 aromatic heterocycles. The van der Waals surface area contributed by atoms with E-state index in [1.165, 1.54) is 12.8 Å². The molecule has 0 atom stereocenters. The average Bonchev–Trinajstić information content (AvgIpc) is 2.85. The molecule has 6 nitrogen and oxygen atoms in total. The molecule has 0 bridgehead atoms. The SMILES string of the molecule is Nc1cc(C2CC2)nc(N)n1.O=CO. The van der Waals surface area contributed by atoms with Crippen LogP contribution >= 0.6 is 0 Å². The van der Waals surface area contributed by atoms with Crippen LogP contribution in [-0.4, -0.2) is 21.5 Å². The van der Waals surface area contributed by atoms with Crippen LogP contribution < -0.4 is 11.5 Å². The van der Waals surface area contributed by atoms with Gasteiger partial charge in [0.15, 0.2) is 0 Å². The lowest BCUT2D eigenvalue weighted by Crippen LogP contribution is -2.01. The minimum absolute atomic E-state index is 0.250. The maximum Gasteiger partial charge on any atom is 0.290 e. The first-order chi connectivity index (χ1) is 6.67. The Balaban J connectivity index is 0.000000293. The minimum atomic E-state index is -0.250. The van der Waals surface area contributed by atoms with Crippen molar-refractivity contribution < 1.29 is 9.90 Å². The summed E-state index contributed by atoms with van der Waals surface area (Å²) >= 11 is 0. The van der Waals surface area contributed by atoms with E-state index in [1.54, 1.807) is 6.07 Å². The van der Waals surface area contributed by atoms with Crippen molar-refractivity contribution in [2.45, 2.75) is 18.8 Å². The molecule has 0 radical (unpaired) electrons. The summed E-state index contributed by atoms with van der Waals surface area (Å²) in [5.41, 5.74) is 11.9. The standard InChI is InChI=1S/C7H10N4.CH2O2/c8-6-3-5(4-1-2-4)10-7(9)11-6;2-1-3/h3-4H,1-2H2,(H4,8,9,10,11);1H,(H,2,3). The molecule has 1 aromatic rings. The van der Waals surface area contributed by atoms with E-state index in [4.69, 9.17) is 21.4 Å². The number of nitrogens with two attached hydrogens (primary N) is 2. The van der Waals surface area contributed by atoms with Crippen molar-refractivity contribution in [3.8, 4) is 0 Å². The Morgan fingerprint density at radius 1 is 1.43 bits per heavy atom. The maximum absolute atomic E-state index is 8.36. The third kappa shape index (κ3) is 2.89. The van der Waals surface area contributed by atoms with Gasteiger partial charge >= 0.3 is 0 Å². The van der Waals surface area contributed by atoms with Crippen LogP contribution in [0.3, 0.4) is 0 Å². The summed E-state index contributed by atoms with van der Waals surface area (Å²) < 4.78 is 0. The molecule has 2 rings (SSSR count). The van der Waals surface area contributed by atoms with Gasteiger partial charge in [-0.3, -0.25) is 4.79 Å². The van der Waals surface area contributed by atoms with Gasteiger partial charge < -0.3 is 16.6 Å². The number of carboxylic acid groups (broad SMARTS) is 1. The molecule has 1 fully saturated rings. The van der Waals surface area contributed by atoms with Gasteiger partial charge in [0.05, 0.1) is 5.69 Å². The van der Waals surface area contributed by atoms with Gasteiger partial charge in [-0.05, 0) is 12.8 Å². The van der Waals surface area contributed by atoms with E-state index in [9.17, 15) is 0 Å². The van der Waals surface area contributed by atoms with Gasteiger partial charge in [0.25, 0.3) is 6.47 Å². The highest BCUT2D eigenvalue weighted by Crippen LogP contribution is 2.39. The predicted octanol–water partition coefficient (Wildman–Crippen LogP) is 0.219. The highest BCUT2D eigenvalue weighted by atomic mass is 16.3. The van der Waals surface area contributed by atoms with E-state index in [2.05, 4.69) is 9.97 Å². The van der Waals surface area contributed by atoms with Gasteiger partial charge in [-0.25, -0.2) is 4.98 Å². The van der Waals surface area contributed by atoms with Gasteiger partial charge in [-0.1, -0.05) is 0 Å². The predicted molar refractivity (Wildman–Crippen MR) is 51.5 cm³/mol. The van der Waals surface area contributed by atoms with Crippen molar-refractivity contribution >= 4 is 18.2 Å². The Bertz CT molecular complexity index is 305. The molecule has 1 saturated carbocycles. The van der Waals surface area contributed by atoms with Crippen LogP contribution in [0.15, 0.2) is 6.07 Å². The molecule has 1 heterocycles. The molecule has 1 aliphatic rings. The van der Waals surface area contributed by atoms with Crippen LogP contribution in [0, 0.1) is 0 Å². The van der Waals surface area contributed by atoms with Gasteiger partial charge in [-0.15, -0.1) is 0 Å². The largest absolute Gasteiger partial charge is 0.483 e. The van der Waals surface area contributed by atoms with Crippen molar-refractivity contribution in [3.63, 3.8) is 0 Å². The Labute approximate surface area is 81.0 Å². The molecule has 14 heavy (non-hydrogen) atoms. The van der Waals surface area contributed by atoms with E-state index in [0.717, 1.165) is 5.69 Å². The quantitative estimate of drug-likeness (QED) is 0.553. The number of nitrogen functional groups attached to an aromatic ring is 2. The van der Waals surface area contributed by atoms with Crippen LogP contribution in [0.2, 0.25) is 0 Å². The molecule has 0 aromatic carbocycles. The molecule has 76 valence electrons. The molecular weight excluding hydrogens is 184 g/mol. The Morgan fingerprint density at radius 2 is 2.00 bits per heavy atom. The van der Waals surface area contributed by atoms with Crippen LogP contribution in [0.5, 0.6) is 0 Å². The lowest BCUT2D eigenvalue weighted by atomic mass is 10.3. The normalized spacial score (nSPS) is 14.0. The molecular formula is C8H12N4O2. The molecule has 0 unspecified atom stereocenters. The second-order valence-corrected chi connectivity index (χ2v) is 2.96. The first-order valence-electron chi connectivity index (χ1n) is 4.15. The van der Waals surface area contributed by atoms with Crippen molar-refractivity contribution in [2.75, 3.05) is 11.5 Å². The summed E-state index contributed by atoms with van der Waals surface area (Å²) in [5.74, 6) is 1.34. The maximum atomic E-state index is 8.36. The monoisotopic (exact) mass is 196 g/mol. The molecule has 6 heteroatoms. The zero-order valence-corrected chi connectivity index (χ0v) is 7.55. The number of rotatable bonds is 1. The number of anilines is 2. The molecule has 0 spiro atoms. The number of hydrogen-bond donors (Lipinski definition) is 3. The van der Waals surface area contributed by atoms with Gasteiger partial charge in [0.2, 0.25) is 5.95 Å². The number of carbonyl (C=O) groups is 1. The van der Waals surface area contributed by atoms with Crippen LogP contribution in [0.1, 0.15) is 24.5 Å². The zero-order valence-electron chi connectivity index (χ0n) is 7.55. The second-order valence-electron chi connectivity index (χ2n) is 2.96. The van der Waals surface area contributed by atoms with Crippen LogP contribution in [0.25, 0.3) is 0 Å². The minimum Gasteiger partial charge on any atom is -0.483 e. The van der Waals surface area contributed by atoms with Crippen molar-refractivity contribution in [2.24, 2.45) is 0 Å². The fourth-order valence-corrected chi connectivity index (χ4v) is 1.09. The molecule has 1 aliphatic carbocycles.